The van der Waals surface area contributed by atoms with Crippen LogP contribution in [0.4, 0.5) is 5.82 Å². The second kappa shape index (κ2) is 9.96. The average molecular weight is 349 g/mol. The zero-order valence-electron chi connectivity index (χ0n) is 14.7. The second-order valence-electron chi connectivity index (χ2n) is 5.68. The molecule has 26 heavy (non-hydrogen) atoms. The maximum atomic E-state index is 11.1. The Labute approximate surface area is 153 Å². The van der Waals surface area contributed by atoms with Crippen molar-refractivity contribution in [1.82, 2.24) is 4.98 Å². The van der Waals surface area contributed by atoms with Crippen molar-refractivity contribution in [3.63, 3.8) is 0 Å². The van der Waals surface area contributed by atoms with Gasteiger partial charge >= 0.3 is 5.97 Å². The van der Waals surface area contributed by atoms with Gasteiger partial charge in [-0.2, -0.15) is 0 Å². The van der Waals surface area contributed by atoms with Gasteiger partial charge in [-0.25, -0.2) is 9.78 Å². The van der Waals surface area contributed by atoms with Gasteiger partial charge in [0.05, 0.1) is 0 Å². The number of carbonyl (C=O) groups is 1. The Hall–Kier alpha value is -3.18. The van der Waals surface area contributed by atoms with Crippen LogP contribution >= 0.6 is 0 Å². The first-order chi connectivity index (χ1) is 12.6. The fourth-order valence-electron chi connectivity index (χ4n) is 2.26. The fraction of sp³-hybridized carbons (Fsp3) is 0.143. The van der Waals surface area contributed by atoms with E-state index in [0.717, 1.165) is 11.3 Å². The van der Waals surface area contributed by atoms with E-state index in [4.69, 9.17) is 10.8 Å². The van der Waals surface area contributed by atoms with E-state index >= 15 is 0 Å². The first-order valence-corrected chi connectivity index (χ1v) is 8.33. The predicted molar refractivity (Wildman–Crippen MR) is 104 cm³/mol. The Morgan fingerprint density at radius 2 is 1.54 bits per heavy atom. The van der Waals surface area contributed by atoms with Crippen LogP contribution in [0.15, 0.2) is 72.8 Å². The number of anilines is 1. The fourth-order valence-corrected chi connectivity index (χ4v) is 2.26. The minimum atomic E-state index is -0.974. The molecule has 0 aliphatic carbocycles. The summed E-state index contributed by atoms with van der Waals surface area (Å²) in [4.78, 5) is 15.3. The molecule has 0 atom stereocenters. The lowest BCUT2D eigenvalue weighted by Gasteiger charge is -2.09. The lowest BCUT2D eigenvalue weighted by atomic mass is 10.2. The molecule has 5 heteroatoms. The van der Waals surface area contributed by atoms with Gasteiger partial charge in [0.1, 0.15) is 11.4 Å². The monoisotopic (exact) mass is 349 g/mol. The maximum Gasteiger partial charge on any atom is 0.339 e. The van der Waals surface area contributed by atoms with Gasteiger partial charge in [-0.1, -0.05) is 60.7 Å². The number of carboxylic acids is 1. The van der Waals surface area contributed by atoms with E-state index in [0.29, 0.717) is 18.9 Å². The third-order valence-corrected chi connectivity index (χ3v) is 3.65. The number of aromatic nitrogens is 1. The summed E-state index contributed by atoms with van der Waals surface area (Å²) in [5, 5.41) is 12.1. The number of aromatic carboxylic acids is 1. The topological polar surface area (TPSA) is 88.2 Å². The molecule has 1 aromatic heterocycles. The molecule has 2 aromatic carbocycles. The molecule has 0 radical (unpaired) electrons. The highest BCUT2D eigenvalue weighted by molar-refractivity contribution is 5.93. The summed E-state index contributed by atoms with van der Waals surface area (Å²) >= 11 is 0. The lowest BCUT2D eigenvalue weighted by Crippen LogP contribution is -2.08. The third kappa shape index (κ3) is 6.03. The molecule has 0 spiro atoms. The Morgan fingerprint density at radius 3 is 2.04 bits per heavy atom. The summed E-state index contributed by atoms with van der Waals surface area (Å²) in [5.41, 5.74) is 8.60. The van der Waals surface area contributed by atoms with Gasteiger partial charge < -0.3 is 16.2 Å². The third-order valence-electron chi connectivity index (χ3n) is 3.65. The number of benzene rings is 2. The van der Waals surface area contributed by atoms with E-state index in [2.05, 4.69) is 10.3 Å². The second-order valence-corrected chi connectivity index (χ2v) is 5.68. The quantitative estimate of drug-likeness (QED) is 0.651. The zero-order valence-corrected chi connectivity index (χ0v) is 14.7. The summed E-state index contributed by atoms with van der Waals surface area (Å²) in [6.07, 6.45) is 0. The number of aryl methyl sites for hydroxylation is 1. The molecular formula is C21H23N3O2. The summed E-state index contributed by atoms with van der Waals surface area (Å²) in [6, 6.07) is 23.0. The molecule has 3 aromatic rings. The minimum absolute atomic E-state index is 0.191. The first-order valence-electron chi connectivity index (χ1n) is 8.33. The van der Waals surface area contributed by atoms with Crippen molar-refractivity contribution in [3.05, 3.63) is 95.2 Å². The van der Waals surface area contributed by atoms with Gasteiger partial charge in [-0.3, -0.25) is 0 Å². The van der Waals surface area contributed by atoms with E-state index in [1.807, 2.05) is 67.6 Å². The van der Waals surface area contributed by atoms with Gasteiger partial charge in [0, 0.05) is 18.8 Å². The number of hydrogen-bond donors (Lipinski definition) is 3. The number of pyridine rings is 1. The number of nitrogens with two attached hydrogens (primary N) is 1. The van der Waals surface area contributed by atoms with Gasteiger partial charge in [0.25, 0.3) is 0 Å². The molecule has 5 nitrogen and oxygen atoms in total. The summed E-state index contributed by atoms with van der Waals surface area (Å²) < 4.78 is 0. The molecule has 0 aliphatic rings. The standard InChI is InChI=1S/C14H14N2O2.C7H9N/c1-10-7-8-12(14(17)18)13(16-10)15-9-11-5-3-2-4-6-11;8-6-7-4-2-1-3-5-7/h2-8H,9H2,1H3,(H,15,16)(H,17,18);1-5H,6,8H2. The smallest absolute Gasteiger partial charge is 0.339 e. The molecule has 0 saturated carbocycles. The van der Waals surface area contributed by atoms with Crippen LogP contribution in [-0.4, -0.2) is 16.1 Å². The van der Waals surface area contributed by atoms with Crippen LogP contribution in [0.3, 0.4) is 0 Å². The number of nitrogens with one attached hydrogen (secondary N) is 1. The van der Waals surface area contributed by atoms with Crippen LogP contribution in [-0.2, 0) is 13.1 Å². The van der Waals surface area contributed by atoms with Crippen molar-refractivity contribution in [1.29, 1.82) is 0 Å². The maximum absolute atomic E-state index is 11.1. The Bertz CT molecular complexity index is 821. The van der Waals surface area contributed by atoms with Gasteiger partial charge in [0.15, 0.2) is 0 Å². The van der Waals surface area contributed by atoms with Crippen molar-refractivity contribution in [3.8, 4) is 0 Å². The SMILES string of the molecule is Cc1ccc(C(=O)O)c(NCc2ccccc2)n1.NCc1ccccc1. The Kier molecular flexibility index (Phi) is 7.33. The molecular weight excluding hydrogens is 326 g/mol. The number of hydrogen-bond acceptors (Lipinski definition) is 4. The highest BCUT2D eigenvalue weighted by atomic mass is 16.4. The average Bonchev–Trinajstić information content (AvgIpc) is 2.68. The molecule has 3 rings (SSSR count). The van der Waals surface area contributed by atoms with E-state index in [1.54, 1.807) is 12.1 Å². The van der Waals surface area contributed by atoms with E-state index < -0.39 is 5.97 Å². The van der Waals surface area contributed by atoms with Gasteiger partial charge in [0.2, 0.25) is 0 Å². The largest absolute Gasteiger partial charge is 0.478 e. The highest BCUT2D eigenvalue weighted by Crippen LogP contribution is 2.14. The Morgan fingerprint density at radius 1 is 0.962 bits per heavy atom. The number of rotatable bonds is 5. The van der Waals surface area contributed by atoms with E-state index in [9.17, 15) is 4.79 Å². The predicted octanol–water partition coefficient (Wildman–Crippen LogP) is 3.85. The molecule has 0 fully saturated rings. The van der Waals surface area contributed by atoms with Crippen LogP contribution in [0.5, 0.6) is 0 Å². The van der Waals surface area contributed by atoms with Crippen molar-refractivity contribution in [2.24, 2.45) is 5.73 Å². The summed E-state index contributed by atoms with van der Waals surface area (Å²) in [6.45, 7) is 3.03. The van der Waals surface area contributed by atoms with E-state index in [1.165, 1.54) is 5.56 Å². The number of carboxylic acid groups (broad SMARTS) is 1. The molecule has 0 aliphatic heterocycles. The lowest BCUT2D eigenvalue weighted by molar-refractivity contribution is 0.0697. The van der Waals surface area contributed by atoms with Crippen LogP contribution in [0.1, 0.15) is 27.2 Å². The van der Waals surface area contributed by atoms with Crippen molar-refractivity contribution in [2.45, 2.75) is 20.0 Å². The molecule has 0 amide bonds. The number of nitrogens with zero attached hydrogens (tertiary/aromatic N) is 1. The zero-order chi connectivity index (χ0) is 18.8. The summed E-state index contributed by atoms with van der Waals surface area (Å²) in [7, 11) is 0. The van der Waals surface area contributed by atoms with Crippen molar-refractivity contribution < 1.29 is 9.90 Å². The van der Waals surface area contributed by atoms with Crippen molar-refractivity contribution >= 4 is 11.8 Å². The Balaban J connectivity index is 0.000000254. The minimum Gasteiger partial charge on any atom is -0.478 e. The van der Waals surface area contributed by atoms with Gasteiger partial charge in [-0.15, -0.1) is 0 Å². The molecule has 0 saturated heterocycles. The molecule has 134 valence electrons. The molecule has 0 unspecified atom stereocenters. The summed E-state index contributed by atoms with van der Waals surface area (Å²) in [5.74, 6) is -0.565. The van der Waals surface area contributed by atoms with Crippen LogP contribution in [0, 0.1) is 6.92 Å². The molecule has 0 bridgehead atoms. The molecule has 1 heterocycles. The van der Waals surface area contributed by atoms with Gasteiger partial charge in [-0.05, 0) is 30.2 Å². The highest BCUT2D eigenvalue weighted by Gasteiger charge is 2.11. The van der Waals surface area contributed by atoms with E-state index in [-0.39, 0.29) is 5.56 Å². The molecule has 4 N–H and O–H groups in total. The van der Waals surface area contributed by atoms with Crippen LogP contribution < -0.4 is 11.1 Å². The van der Waals surface area contributed by atoms with Crippen LogP contribution in [0.25, 0.3) is 0 Å². The van der Waals surface area contributed by atoms with Crippen molar-refractivity contribution in [2.75, 3.05) is 5.32 Å². The van der Waals surface area contributed by atoms with Crippen LogP contribution in [0.2, 0.25) is 0 Å². The first kappa shape index (κ1) is 19.1. The normalized spacial score (nSPS) is 9.77.